The van der Waals surface area contributed by atoms with Crippen molar-refractivity contribution in [2.45, 2.75) is 52.5 Å². The lowest BCUT2D eigenvalue weighted by molar-refractivity contribution is 0.153. The number of aromatic nitrogens is 3. The molecular weight excluding hydrogens is 359 g/mol. The Morgan fingerprint density at radius 3 is 2.59 bits per heavy atom. The molecular formula is C21H25FN4S. The van der Waals surface area contributed by atoms with Crippen molar-refractivity contribution < 1.29 is 4.39 Å². The van der Waals surface area contributed by atoms with Gasteiger partial charge in [-0.3, -0.25) is 9.88 Å². The maximum Gasteiger partial charge on any atom is 0.171 e. The molecule has 1 saturated heterocycles. The van der Waals surface area contributed by atoms with Gasteiger partial charge in [-0.1, -0.05) is 0 Å². The standard InChI is InChI=1S/C21H25FN4S/c1-12-8-17(9-13(2)23-12)16-6-5-7-26(11-16)14(3)20-18(22)10-19-21(25-20)24-15(4)27-19/h8-10,14,16H,5-7,11H2,1-4H3/t14-,16+/m1/s1. The second kappa shape index (κ2) is 7.24. The summed E-state index contributed by atoms with van der Waals surface area (Å²) in [5.74, 6) is 0.228. The molecule has 1 aliphatic heterocycles. The summed E-state index contributed by atoms with van der Waals surface area (Å²) in [6, 6.07) is 5.91. The highest BCUT2D eigenvalue weighted by atomic mass is 32.1. The monoisotopic (exact) mass is 384 g/mol. The van der Waals surface area contributed by atoms with Gasteiger partial charge in [-0.2, -0.15) is 0 Å². The molecule has 0 aromatic carbocycles. The zero-order valence-electron chi connectivity index (χ0n) is 16.3. The molecule has 4 nitrogen and oxygen atoms in total. The van der Waals surface area contributed by atoms with E-state index in [0.29, 0.717) is 17.3 Å². The quantitative estimate of drug-likeness (QED) is 0.631. The topological polar surface area (TPSA) is 41.9 Å². The molecule has 142 valence electrons. The highest BCUT2D eigenvalue weighted by molar-refractivity contribution is 7.18. The van der Waals surface area contributed by atoms with Crippen molar-refractivity contribution in [3.8, 4) is 0 Å². The number of thiazole rings is 1. The van der Waals surface area contributed by atoms with Crippen LogP contribution in [0.25, 0.3) is 10.3 Å². The van der Waals surface area contributed by atoms with Gasteiger partial charge < -0.3 is 0 Å². The summed E-state index contributed by atoms with van der Waals surface area (Å²) in [5.41, 5.74) is 4.64. The Hall–Kier alpha value is -1.92. The van der Waals surface area contributed by atoms with Crippen LogP contribution < -0.4 is 0 Å². The van der Waals surface area contributed by atoms with E-state index >= 15 is 0 Å². The first-order valence-electron chi connectivity index (χ1n) is 9.53. The second-order valence-corrected chi connectivity index (χ2v) is 8.84. The van der Waals surface area contributed by atoms with Gasteiger partial charge in [0.1, 0.15) is 5.82 Å². The molecule has 0 amide bonds. The van der Waals surface area contributed by atoms with Crippen molar-refractivity contribution in [3.63, 3.8) is 0 Å². The largest absolute Gasteiger partial charge is 0.294 e. The number of hydrogen-bond donors (Lipinski definition) is 0. The van der Waals surface area contributed by atoms with Gasteiger partial charge in [0.2, 0.25) is 0 Å². The molecule has 0 aliphatic carbocycles. The van der Waals surface area contributed by atoms with Crippen LogP contribution in [0.1, 0.15) is 59.4 Å². The first-order valence-corrected chi connectivity index (χ1v) is 10.3. The van der Waals surface area contributed by atoms with Crippen LogP contribution in [0.3, 0.4) is 0 Å². The van der Waals surface area contributed by atoms with Gasteiger partial charge in [0.15, 0.2) is 5.65 Å². The molecule has 1 fully saturated rings. The molecule has 2 atom stereocenters. The maximum absolute atomic E-state index is 14.7. The Morgan fingerprint density at radius 2 is 1.85 bits per heavy atom. The summed E-state index contributed by atoms with van der Waals surface area (Å²) in [6.07, 6.45) is 2.27. The number of halogens is 1. The SMILES string of the molecule is Cc1cc([C@H]2CCCN([C@H](C)c3nc4nc(C)sc4cc3F)C2)cc(C)n1. The number of hydrogen-bond acceptors (Lipinski definition) is 5. The van der Waals surface area contributed by atoms with Crippen LogP contribution in [0.15, 0.2) is 18.2 Å². The molecule has 6 heteroatoms. The summed E-state index contributed by atoms with van der Waals surface area (Å²) in [4.78, 5) is 15.9. The molecule has 3 aromatic rings. The first kappa shape index (κ1) is 18.4. The van der Waals surface area contributed by atoms with Crippen LogP contribution in [-0.2, 0) is 0 Å². The van der Waals surface area contributed by atoms with Gasteiger partial charge in [0.05, 0.1) is 21.4 Å². The lowest BCUT2D eigenvalue weighted by Crippen LogP contribution is -2.37. The van der Waals surface area contributed by atoms with E-state index in [4.69, 9.17) is 0 Å². The zero-order chi connectivity index (χ0) is 19.1. The molecule has 0 unspecified atom stereocenters. The van der Waals surface area contributed by atoms with E-state index in [9.17, 15) is 4.39 Å². The van der Waals surface area contributed by atoms with E-state index in [1.54, 1.807) is 6.07 Å². The number of likely N-dealkylation sites (tertiary alicyclic amines) is 1. The summed E-state index contributed by atoms with van der Waals surface area (Å²) in [7, 11) is 0. The third kappa shape index (κ3) is 3.73. The van der Waals surface area contributed by atoms with Crippen molar-refractivity contribution in [1.82, 2.24) is 19.9 Å². The average Bonchev–Trinajstić information content (AvgIpc) is 2.98. The van der Waals surface area contributed by atoms with E-state index in [1.807, 2.05) is 20.8 Å². The fraction of sp³-hybridized carbons (Fsp3) is 0.476. The minimum absolute atomic E-state index is 0.0664. The molecule has 27 heavy (non-hydrogen) atoms. The van der Waals surface area contributed by atoms with Gasteiger partial charge in [-0.05, 0) is 76.8 Å². The smallest absolute Gasteiger partial charge is 0.171 e. The molecule has 1 aliphatic rings. The van der Waals surface area contributed by atoms with Gasteiger partial charge >= 0.3 is 0 Å². The van der Waals surface area contributed by atoms with Crippen LogP contribution >= 0.6 is 11.3 Å². The van der Waals surface area contributed by atoms with Gasteiger partial charge in [0.25, 0.3) is 0 Å². The van der Waals surface area contributed by atoms with E-state index < -0.39 is 0 Å². The van der Waals surface area contributed by atoms with Gasteiger partial charge in [0, 0.05) is 17.9 Å². The Morgan fingerprint density at radius 1 is 1.11 bits per heavy atom. The Balaban J connectivity index is 1.60. The zero-order valence-corrected chi connectivity index (χ0v) is 17.1. The fourth-order valence-electron chi connectivity index (χ4n) is 4.16. The third-order valence-electron chi connectivity index (χ3n) is 5.44. The molecule has 0 spiro atoms. The Labute approximate surface area is 163 Å². The van der Waals surface area contributed by atoms with E-state index in [0.717, 1.165) is 47.0 Å². The van der Waals surface area contributed by atoms with E-state index in [-0.39, 0.29) is 11.9 Å². The minimum Gasteiger partial charge on any atom is -0.294 e. The molecule has 4 rings (SSSR count). The highest BCUT2D eigenvalue weighted by Crippen LogP contribution is 2.33. The molecule has 0 bridgehead atoms. The first-order chi connectivity index (χ1) is 12.9. The van der Waals surface area contributed by atoms with Crippen molar-refractivity contribution in [2.24, 2.45) is 0 Å². The summed E-state index contributed by atoms with van der Waals surface area (Å²) < 4.78 is 15.6. The number of nitrogens with zero attached hydrogens (tertiary/aromatic N) is 4. The van der Waals surface area contributed by atoms with Crippen molar-refractivity contribution in [1.29, 1.82) is 0 Å². The molecule has 3 aromatic heterocycles. The van der Waals surface area contributed by atoms with Crippen LogP contribution in [0.4, 0.5) is 4.39 Å². The summed E-state index contributed by atoms with van der Waals surface area (Å²) in [5, 5.41) is 0.920. The van der Waals surface area contributed by atoms with Crippen molar-refractivity contribution in [3.05, 3.63) is 51.7 Å². The number of aryl methyl sites for hydroxylation is 3. The lowest BCUT2D eigenvalue weighted by Gasteiger charge is -2.37. The van der Waals surface area contributed by atoms with E-state index in [2.05, 4.69) is 38.9 Å². The van der Waals surface area contributed by atoms with Crippen LogP contribution in [-0.4, -0.2) is 32.9 Å². The average molecular weight is 385 g/mol. The molecule has 0 N–H and O–H groups in total. The second-order valence-electron chi connectivity index (χ2n) is 7.60. The predicted molar refractivity (Wildman–Crippen MR) is 108 cm³/mol. The molecule has 4 heterocycles. The van der Waals surface area contributed by atoms with Crippen LogP contribution in [0.5, 0.6) is 0 Å². The van der Waals surface area contributed by atoms with Gasteiger partial charge in [-0.15, -0.1) is 11.3 Å². The predicted octanol–water partition coefficient (Wildman–Crippen LogP) is 5.09. The van der Waals surface area contributed by atoms with Gasteiger partial charge in [-0.25, -0.2) is 14.4 Å². The number of rotatable bonds is 3. The van der Waals surface area contributed by atoms with Crippen molar-refractivity contribution >= 4 is 21.7 Å². The maximum atomic E-state index is 14.7. The summed E-state index contributed by atoms with van der Waals surface area (Å²) in [6.45, 7) is 9.96. The van der Waals surface area contributed by atoms with E-state index in [1.165, 1.54) is 16.9 Å². The molecule has 0 radical (unpaired) electrons. The Bertz CT molecular complexity index is 963. The Kier molecular flexibility index (Phi) is 4.95. The number of piperidine rings is 1. The van der Waals surface area contributed by atoms with Crippen LogP contribution in [0, 0.1) is 26.6 Å². The number of fused-ring (bicyclic) bond motifs is 1. The summed E-state index contributed by atoms with van der Waals surface area (Å²) >= 11 is 1.49. The minimum atomic E-state index is -0.226. The molecule has 0 saturated carbocycles. The third-order valence-corrected chi connectivity index (χ3v) is 6.35. The fourth-order valence-corrected chi connectivity index (χ4v) is 4.96. The lowest BCUT2D eigenvalue weighted by atomic mass is 9.89. The highest BCUT2D eigenvalue weighted by Gasteiger charge is 2.28. The normalized spacial score (nSPS) is 19.5. The van der Waals surface area contributed by atoms with Crippen molar-refractivity contribution in [2.75, 3.05) is 13.1 Å². The van der Waals surface area contributed by atoms with Crippen LogP contribution in [0.2, 0.25) is 0 Å². The number of pyridine rings is 2.